The number of H-pyrrole nitrogens is 1. The molecule has 0 bridgehead atoms. The van der Waals surface area contributed by atoms with E-state index in [1.54, 1.807) is 24.3 Å². The van der Waals surface area contributed by atoms with Crippen LogP contribution in [0.4, 0.5) is 5.69 Å². The monoisotopic (exact) mass is 292 g/mol. The molecular formula is C13H16N4O4. The Balaban J connectivity index is 2.34. The molecule has 0 saturated heterocycles. The van der Waals surface area contributed by atoms with Crippen LogP contribution in [0.25, 0.3) is 0 Å². The number of anilines is 1. The molecule has 1 heterocycles. The van der Waals surface area contributed by atoms with E-state index < -0.39 is 16.7 Å². The predicted molar refractivity (Wildman–Crippen MR) is 75.6 cm³/mol. The van der Waals surface area contributed by atoms with E-state index in [0.717, 1.165) is 0 Å². The minimum absolute atomic E-state index is 0.0718. The third-order valence-electron chi connectivity index (χ3n) is 3.21. The third-order valence-corrected chi connectivity index (χ3v) is 3.21. The van der Waals surface area contributed by atoms with E-state index >= 15 is 0 Å². The largest absolute Gasteiger partial charge is 0.497 e. The number of rotatable bonds is 6. The zero-order chi connectivity index (χ0) is 15.5. The van der Waals surface area contributed by atoms with Crippen molar-refractivity contribution in [2.75, 3.05) is 12.4 Å². The molecule has 0 amide bonds. The van der Waals surface area contributed by atoms with Gasteiger partial charge in [0.25, 0.3) is 11.8 Å². The summed E-state index contributed by atoms with van der Waals surface area (Å²) in [6.07, 6.45) is 2.91. The normalized spacial score (nSPS) is 15.0. The van der Waals surface area contributed by atoms with Gasteiger partial charge in [0.2, 0.25) is 0 Å². The molecule has 0 radical (unpaired) electrons. The minimum atomic E-state index is -1.96. The number of aliphatic hydroxyl groups is 1. The Morgan fingerprint density at radius 2 is 2.14 bits per heavy atom. The molecule has 2 unspecified atom stereocenters. The van der Waals surface area contributed by atoms with Gasteiger partial charge in [-0.2, -0.15) is 0 Å². The first-order valence-corrected chi connectivity index (χ1v) is 6.25. The summed E-state index contributed by atoms with van der Waals surface area (Å²) in [4.78, 5) is 17.1. The minimum Gasteiger partial charge on any atom is -0.497 e. The quantitative estimate of drug-likeness (QED) is 0.420. The second kappa shape index (κ2) is 5.80. The van der Waals surface area contributed by atoms with Crippen molar-refractivity contribution < 1.29 is 14.8 Å². The van der Waals surface area contributed by atoms with Crippen LogP contribution in [0.5, 0.6) is 5.75 Å². The van der Waals surface area contributed by atoms with Gasteiger partial charge in [0.05, 0.1) is 7.11 Å². The van der Waals surface area contributed by atoms with Crippen molar-refractivity contribution in [2.24, 2.45) is 0 Å². The van der Waals surface area contributed by atoms with Crippen molar-refractivity contribution in [1.82, 2.24) is 9.97 Å². The van der Waals surface area contributed by atoms with Crippen molar-refractivity contribution in [3.05, 3.63) is 52.6 Å². The van der Waals surface area contributed by atoms with Crippen LogP contribution in [-0.2, 0) is 5.72 Å². The molecule has 2 atom stereocenters. The number of aromatic amines is 1. The van der Waals surface area contributed by atoms with E-state index in [1.807, 2.05) is 0 Å². The molecule has 2 aromatic rings. The van der Waals surface area contributed by atoms with Crippen molar-refractivity contribution in [1.29, 1.82) is 0 Å². The van der Waals surface area contributed by atoms with Gasteiger partial charge < -0.3 is 20.1 Å². The molecule has 0 fully saturated rings. The van der Waals surface area contributed by atoms with Crippen molar-refractivity contribution in [3.63, 3.8) is 0 Å². The molecule has 0 aliphatic heterocycles. The molecular weight excluding hydrogens is 276 g/mol. The van der Waals surface area contributed by atoms with Gasteiger partial charge >= 0.3 is 0 Å². The van der Waals surface area contributed by atoms with Gasteiger partial charge in [-0.1, -0.05) is 0 Å². The number of hydrogen-bond donors (Lipinski definition) is 3. The summed E-state index contributed by atoms with van der Waals surface area (Å²) in [5.41, 5.74) is -1.45. The Hall–Kier alpha value is -2.61. The van der Waals surface area contributed by atoms with Crippen LogP contribution in [0.15, 0.2) is 36.7 Å². The van der Waals surface area contributed by atoms with Gasteiger partial charge in [0.1, 0.15) is 5.75 Å². The molecule has 2 rings (SSSR count). The number of nitrogens with zero attached hydrogens (tertiary/aromatic N) is 2. The maximum absolute atomic E-state index is 11.1. The van der Waals surface area contributed by atoms with E-state index in [9.17, 15) is 15.2 Å². The highest BCUT2D eigenvalue weighted by atomic mass is 16.6. The van der Waals surface area contributed by atoms with Gasteiger partial charge in [-0.15, -0.1) is 0 Å². The zero-order valence-corrected chi connectivity index (χ0v) is 11.6. The zero-order valence-electron chi connectivity index (χ0n) is 11.6. The molecule has 8 nitrogen and oxygen atoms in total. The lowest BCUT2D eigenvalue weighted by molar-refractivity contribution is -0.541. The van der Waals surface area contributed by atoms with Gasteiger partial charge in [-0.05, 0) is 24.3 Å². The van der Waals surface area contributed by atoms with Crippen LogP contribution in [0, 0.1) is 10.1 Å². The van der Waals surface area contributed by atoms with E-state index in [0.29, 0.717) is 11.4 Å². The van der Waals surface area contributed by atoms with Crippen LogP contribution in [0.2, 0.25) is 0 Å². The second-order valence-corrected chi connectivity index (χ2v) is 4.52. The Bertz CT molecular complexity index is 599. The first-order chi connectivity index (χ1) is 9.97. The molecule has 3 N–H and O–H groups in total. The Kier molecular flexibility index (Phi) is 4.08. The number of hydrogen-bond acceptors (Lipinski definition) is 6. The molecule has 21 heavy (non-hydrogen) atoms. The Morgan fingerprint density at radius 3 is 2.62 bits per heavy atom. The third kappa shape index (κ3) is 2.95. The van der Waals surface area contributed by atoms with E-state index in [1.165, 1.54) is 26.4 Å². The smallest absolute Gasteiger partial charge is 0.264 e. The SMILES string of the molecule is COc1ccc(NC(O)(c2ncc[nH]2)C(C)[N+](=O)[O-])cc1. The highest BCUT2D eigenvalue weighted by Gasteiger charge is 2.46. The maximum Gasteiger partial charge on any atom is 0.264 e. The molecule has 1 aromatic carbocycles. The topological polar surface area (TPSA) is 113 Å². The maximum atomic E-state index is 11.1. The summed E-state index contributed by atoms with van der Waals surface area (Å²) in [6, 6.07) is 5.35. The Morgan fingerprint density at radius 1 is 1.48 bits per heavy atom. The van der Waals surface area contributed by atoms with Crippen LogP contribution in [0.1, 0.15) is 12.7 Å². The summed E-state index contributed by atoms with van der Waals surface area (Å²) in [6.45, 7) is 1.30. The highest BCUT2D eigenvalue weighted by molar-refractivity contribution is 5.48. The van der Waals surface area contributed by atoms with Crippen molar-refractivity contribution >= 4 is 5.69 Å². The fourth-order valence-corrected chi connectivity index (χ4v) is 1.88. The number of imidazole rings is 1. The molecule has 1 aromatic heterocycles. The molecule has 0 saturated carbocycles. The van der Waals surface area contributed by atoms with E-state index in [4.69, 9.17) is 4.74 Å². The average molecular weight is 292 g/mol. The first kappa shape index (κ1) is 14.8. The van der Waals surface area contributed by atoms with Crippen LogP contribution in [0.3, 0.4) is 0 Å². The summed E-state index contributed by atoms with van der Waals surface area (Å²) in [7, 11) is 1.54. The van der Waals surface area contributed by atoms with Crippen LogP contribution >= 0.6 is 0 Å². The summed E-state index contributed by atoms with van der Waals surface area (Å²) in [5, 5.41) is 24.5. The second-order valence-electron chi connectivity index (χ2n) is 4.52. The number of ether oxygens (including phenoxy) is 1. The number of benzene rings is 1. The number of nitrogens with one attached hydrogen (secondary N) is 2. The lowest BCUT2D eigenvalue weighted by atomic mass is 10.0. The first-order valence-electron chi connectivity index (χ1n) is 6.25. The summed E-state index contributed by atoms with van der Waals surface area (Å²) >= 11 is 0. The number of aromatic nitrogens is 2. The van der Waals surface area contributed by atoms with Crippen LogP contribution in [-0.4, -0.2) is 33.1 Å². The molecule has 0 spiro atoms. The van der Waals surface area contributed by atoms with Gasteiger partial charge in [-0.25, -0.2) is 4.98 Å². The molecule has 112 valence electrons. The average Bonchev–Trinajstić information content (AvgIpc) is 3.02. The summed E-state index contributed by atoms with van der Waals surface area (Å²) < 4.78 is 5.04. The predicted octanol–water partition coefficient (Wildman–Crippen LogP) is 1.34. The van der Waals surface area contributed by atoms with E-state index in [-0.39, 0.29) is 5.82 Å². The van der Waals surface area contributed by atoms with E-state index in [2.05, 4.69) is 15.3 Å². The van der Waals surface area contributed by atoms with Crippen molar-refractivity contribution in [3.8, 4) is 5.75 Å². The van der Waals surface area contributed by atoms with Crippen LogP contribution < -0.4 is 10.1 Å². The van der Waals surface area contributed by atoms with Gasteiger partial charge in [-0.3, -0.25) is 10.1 Å². The van der Waals surface area contributed by atoms with Gasteiger partial charge in [0, 0.05) is 29.9 Å². The molecule has 8 heteroatoms. The standard InChI is InChI=1S/C13H16N4O4/c1-9(17(19)20)13(18,12-14-7-8-15-12)16-10-3-5-11(21-2)6-4-10/h3-9,16,18H,1-2H3,(H,14,15). The lowest BCUT2D eigenvalue weighted by Crippen LogP contribution is -2.49. The fraction of sp³-hybridized carbons (Fsp3) is 0.308. The Labute approximate surface area is 120 Å². The summed E-state index contributed by atoms with van der Waals surface area (Å²) in [5.74, 6) is 0.715. The fourth-order valence-electron chi connectivity index (χ4n) is 1.88. The van der Waals surface area contributed by atoms with Crippen molar-refractivity contribution in [2.45, 2.75) is 18.7 Å². The lowest BCUT2D eigenvalue weighted by Gasteiger charge is -2.28. The highest BCUT2D eigenvalue weighted by Crippen LogP contribution is 2.27. The molecule has 0 aliphatic carbocycles. The van der Waals surface area contributed by atoms with Gasteiger partial charge in [0.15, 0.2) is 5.82 Å². The number of methoxy groups -OCH3 is 1. The molecule has 0 aliphatic rings. The number of nitro groups is 1.